The second kappa shape index (κ2) is 4.42. The van der Waals surface area contributed by atoms with Crippen molar-refractivity contribution in [1.82, 2.24) is 15.4 Å². The van der Waals surface area contributed by atoms with E-state index in [2.05, 4.69) is 15.4 Å². The maximum atomic E-state index is 10.7. The van der Waals surface area contributed by atoms with Crippen molar-refractivity contribution in [3.8, 4) is 0 Å². The van der Waals surface area contributed by atoms with Gasteiger partial charge in [-0.15, -0.1) is 10.2 Å². The first-order valence-electron chi connectivity index (χ1n) is 3.82. The van der Waals surface area contributed by atoms with Crippen molar-refractivity contribution in [2.24, 2.45) is 0 Å². The lowest BCUT2D eigenvalue weighted by molar-refractivity contribution is -0.155. The molecule has 15 heavy (non-hydrogen) atoms. The van der Waals surface area contributed by atoms with Crippen molar-refractivity contribution in [3.05, 3.63) is 18.0 Å². The molecule has 1 rings (SSSR count). The van der Waals surface area contributed by atoms with Crippen molar-refractivity contribution >= 4 is 11.9 Å². The average Bonchev–Trinajstić information content (AvgIpc) is 2.18. The Balaban J connectivity index is 3.04. The van der Waals surface area contributed by atoms with Crippen molar-refractivity contribution in [1.29, 1.82) is 0 Å². The highest BCUT2D eigenvalue weighted by Crippen LogP contribution is 2.17. The third kappa shape index (κ3) is 2.44. The summed E-state index contributed by atoms with van der Waals surface area (Å²) < 4.78 is 0. The maximum Gasteiger partial charge on any atom is 0.333 e. The highest BCUT2D eigenvalue weighted by molar-refractivity contribution is 5.85. The largest absolute Gasteiger partial charge is 0.481 e. The van der Waals surface area contributed by atoms with E-state index < -0.39 is 24.0 Å². The molecule has 1 aromatic rings. The SMILES string of the molecule is O=C(O)C(O)C(C(=O)O)c1ccnnn1. The zero-order valence-corrected chi connectivity index (χ0v) is 7.31. The van der Waals surface area contributed by atoms with Gasteiger partial charge in [-0.2, -0.15) is 0 Å². The van der Waals surface area contributed by atoms with Gasteiger partial charge in [0, 0.05) is 0 Å². The van der Waals surface area contributed by atoms with Crippen LogP contribution in [0.25, 0.3) is 0 Å². The van der Waals surface area contributed by atoms with E-state index in [9.17, 15) is 9.59 Å². The normalized spacial score (nSPS) is 14.2. The van der Waals surface area contributed by atoms with Gasteiger partial charge in [-0.3, -0.25) is 4.79 Å². The molecule has 0 aliphatic rings. The summed E-state index contributed by atoms with van der Waals surface area (Å²) in [6.07, 6.45) is -0.911. The number of hydrogen-bond donors (Lipinski definition) is 3. The molecule has 0 bridgehead atoms. The third-order valence-corrected chi connectivity index (χ3v) is 1.68. The maximum absolute atomic E-state index is 10.7. The first kappa shape index (κ1) is 11.0. The van der Waals surface area contributed by atoms with E-state index in [1.54, 1.807) is 0 Å². The van der Waals surface area contributed by atoms with Crippen LogP contribution in [-0.2, 0) is 9.59 Å². The topological polar surface area (TPSA) is 134 Å². The molecule has 0 aliphatic carbocycles. The first-order chi connectivity index (χ1) is 7.04. The molecule has 0 amide bonds. The van der Waals surface area contributed by atoms with Crippen LogP contribution >= 0.6 is 0 Å². The lowest BCUT2D eigenvalue weighted by Crippen LogP contribution is -2.33. The van der Waals surface area contributed by atoms with Crippen LogP contribution in [-0.4, -0.2) is 48.8 Å². The van der Waals surface area contributed by atoms with Gasteiger partial charge in [-0.05, 0) is 11.3 Å². The number of hydrogen-bond acceptors (Lipinski definition) is 6. The number of aliphatic hydroxyl groups excluding tert-OH is 1. The summed E-state index contributed by atoms with van der Waals surface area (Å²) in [5, 5.41) is 36.2. The predicted molar refractivity (Wildman–Crippen MR) is 43.8 cm³/mol. The van der Waals surface area contributed by atoms with E-state index in [0.717, 1.165) is 6.20 Å². The number of nitrogens with zero attached hydrogens (tertiary/aromatic N) is 3. The van der Waals surface area contributed by atoms with Crippen LogP contribution in [0.1, 0.15) is 11.6 Å². The molecule has 1 heterocycles. The summed E-state index contributed by atoms with van der Waals surface area (Å²) >= 11 is 0. The molecular formula is C7H7N3O5. The molecule has 2 unspecified atom stereocenters. The fourth-order valence-electron chi connectivity index (χ4n) is 0.982. The second-order valence-electron chi connectivity index (χ2n) is 2.64. The van der Waals surface area contributed by atoms with Crippen LogP contribution < -0.4 is 0 Å². The lowest BCUT2D eigenvalue weighted by atomic mass is 9.99. The smallest absolute Gasteiger partial charge is 0.333 e. The van der Waals surface area contributed by atoms with Gasteiger partial charge in [0.1, 0.15) is 5.92 Å². The van der Waals surface area contributed by atoms with Gasteiger partial charge in [-0.1, -0.05) is 0 Å². The minimum atomic E-state index is -2.07. The minimum Gasteiger partial charge on any atom is -0.481 e. The van der Waals surface area contributed by atoms with E-state index in [1.165, 1.54) is 6.07 Å². The summed E-state index contributed by atoms with van der Waals surface area (Å²) in [6.45, 7) is 0. The van der Waals surface area contributed by atoms with Gasteiger partial charge >= 0.3 is 11.9 Å². The van der Waals surface area contributed by atoms with Crippen LogP contribution in [0, 0.1) is 0 Å². The number of carbonyl (C=O) groups is 2. The highest BCUT2D eigenvalue weighted by Gasteiger charge is 2.34. The average molecular weight is 213 g/mol. The number of carboxylic acids is 2. The van der Waals surface area contributed by atoms with Crippen molar-refractivity contribution in [3.63, 3.8) is 0 Å². The number of aromatic nitrogens is 3. The van der Waals surface area contributed by atoms with Crippen LogP contribution in [0.3, 0.4) is 0 Å². The Hall–Kier alpha value is -2.09. The zero-order chi connectivity index (χ0) is 11.4. The van der Waals surface area contributed by atoms with Gasteiger partial charge in [0.05, 0.1) is 11.9 Å². The Kier molecular flexibility index (Phi) is 3.24. The molecule has 0 aliphatic heterocycles. The molecule has 0 radical (unpaired) electrons. The van der Waals surface area contributed by atoms with E-state index in [-0.39, 0.29) is 5.69 Å². The van der Waals surface area contributed by atoms with Crippen molar-refractivity contribution in [2.75, 3.05) is 0 Å². The fraction of sp³-hybridized carbons (Fsp3) is 0.286. The third-order valence-electron chi connectivity index (χ3n) is 1.68. The molecule has 8 nitrogen and oxygen atoms in total. The monoisotopic (exact) mass is 213 g/mol. The van der Waals surface area contributed by atoms with Crippen LogP contribution in [0.15, 0.2) is 12.3 Å². The molecule has 0 saturated carbocycles. The van der Waals surface area contributed by atoms with E-state index >= 15 is 0 Å². The van der Waals surface area contributed by atoms with Crippen molar-refractivity contribution in [2.45, 2.75) is 12.0 Å². The van der Waals surface area contributed by atoms with E-state index in [0.29, 0.717) is 0 Å². The Labute approximate surface area is 83.2 Å². The highest BCUT2D eigenvalue weighted by atomic mass is 16.4. The van der Waals surface area contributed by atoms with Crippen molar-refractivity contribution < 1.29 is 24.9 Å². The molecule has 0 saturated heterocycles. The van der Waals surface area contributed by atoms with E-state index in [1.807, 2.05) is 0 Å². The predicted octanol–water partition coefficient (Wildman–Crippen LogP) is -1.51. The standard InChI is InChI=1S/C7H7N3O5/c11-5(7(14)15)4(6(12)13)3-1-2-8-10-9-3/h1-2,4-5,11H,(H,12,13)(H,14,15). The van der Waals surface area contributed by atoms with Gasteiger partial charge in [0.2, 0.25) is 0 Å². The molecule has 0 fully saturated rings. The fourth-order valence-corrected chi connectivity index (χ4v) is 0.982. The molecule has 0 aromatic carbocycles. The minimum absolute atomic E-state index is 0.160. The van der Waals surface area contributed by atoms with Crippen LogP contribution in [0.4, 0.5) is 0 Å². The van der Waals surface area contributed by atoms with Crippen LogP contribution in [0.5, 0.6) is 0 Å². The van der Waals surface area contributed by atoms with Gasteiger partial charge in [0.15, 0.2) is 6.10 Å². The van der Waals surface area contributed by atoms with Crippen LogP contribution in [0.2, 0.25) is 0 Å². The van der Waals surface area contributed by atoms with Gasteiger partial charge in [0.25, 0.3) is 0 Å². The number of aliphatic carboxylic acids is 2. The molecule has 1 aromatic heterocycles. The first-order valence-corrected chi connectivity index (χ1v) is 3.82. The van der Waals surface area contributed by atoms with E-state index in [4.69, 9.17) is 15.3 Å². The number of rotatable bonds is 4. The Morgan fingerprint density at radius 2 is 1.93 bits per heavy atom. The lowest BCUT2D eigenvalue weighted by Gasteiger charge is -2.13. The number of carboxylic acid groups (broad SMARTS) is 2. The molecule has 3 N–H and O–H groups in total. The summed E-state index contributed by atoms with van der Waals surface area (Å²) in [7, 11) is 0. The zero-order valence-electron chi connectivity index (χ0n) is 7.31. The number of aliphatic hydroxyl groups is 1. The molecule has 0 spiro atoms. The van der Waals surface area contributed by atoms with Gasteiger partial charge in [-0.25, -0.2) is 4.79 Å². The molecule has 2 atom stereocenters. The quantitative estimate of drug-likeness (QED) is 0.549. The molecule has 8 heteroatoms. The van der Waals surface area contributed by atoms with Gasteiger partial charge < -0.3 is 15.3 Å². The summed E-state index contributed by atoms with van der Waals surface area (Å²) in [4.78, 5) is 21.2. The Morgan fingerprint density at radius 3 is 2.33 bits per heavy atom. The summed E-state index contributed by atoms with van der Waals surface area (Å²) in [5.41, 5.74) is -0.160. The Morgan fingerprint density at radius 1 is 1.27 bits per heavy atom. The second-order valence-corrected chi connectivity index (χ2v) is 2.64. The summed E-state index contributed by atoms with van der Waals surface area (Å²) in [5.74, 6) is -4.79. The molecular weight excluding hydrogens is 206 g/mol. The summed E-state index contributed by atoms with van der Waals surface area (Å²) in [6, 6.07) is 1.18. The Bertz CT molecular complexity index is 368. The molecule has 80 valence electrons.